The van der Waals surface area contributed by atoms with Crippen LogP contribution in [0.5, 0.6) is 0 Å². The van der Waals surface area contributed by atoms with E-state index in [2.05, 4.69) is 6.07 Å². The summed E-state index contributed by atoms with van der Waals surface area (Å²) in [5.41, 5.74) is -0.681. The standard InChI is InChI=1S/C14H22N2O/c1-2-16(10-12-6-5-7-12)13(17)14(11-15)8-3-4-9-14/h12H,2-10H2,1H3. The first-order valence-corrected chi connectivity index (χ1v) is 6.92. The van der Waals surface area contributed by atoms with Gasteiger partial charge in [-0.25, -0.2) is 0 Å². The van der Waals surface area contributed by atoms with Crippen molar-refractivity contribution in [1.82, 2.24) is 4.90 Å². The largest absolute Gasteiger partial charge is 0.341 e. The summed E-state index contributed by atoms with van der Waals surface area (Å²) < 4.78 is 0. The molecule has 0 saturated heterocycles. The van der Waals surface area contributed by atoms with Crippen molar-refractivity contribution in [1.29, 1.82) is 5.26 Å². The molecule has 0 unspecified atom stereocenters. The van der Waals surface area contributed by atoms with Gasteiger partial charge in [-0.3, -0.25) is 4.79 Å². The summed E-state index contributed by atoms with van der Waals surface area (Å²) in [7, 11) is 0. The zero-order chi connectivity index (χ0) is 12.3. The first-order chi connectivity index (χ1) is 8.22. The average molecular weight is 234 g/mol. The van der Waals surface area contributed by atoms with E-state index < -0.39 is 5.41 Å². The molecule has 1 amide bonds. The normalized spacial score (nSPS) is 22.8. The second-order valence-corrected chi connectivity index (χ2v) is 5.54. The Morgan fingerprint density at radius 1 is 1.35 bits per heavy atom. The molecule has 2 fully saturated rings. The summed E-state index contributed by atoms with van der Waals surface area (Å²) in [5, 5.41) is 9.34. The van der Waals surface area contributed by atoms with Crippen LogP contribution in [0.4, 0.5) is 0 Å². The molecule has 2 rings (SSSR count). The van der Waals surface area contributed by atoms with Crippen molar-refractivity contribution in [3.63, 3.8) is 0 Å². The van der Waals surface area contributed by atoms with Gasteiger partial charge in [0.1, 0.15) is 5.41 Å². The zero-order valence-electron chi connectivity index (χ0n) is 10.7. The van der Waals surface area contributed by atoms with Crippen LogP contribution in [0.2, 0.25) is 0 Å². The molecule has 94 valence electrons. The highest BCUT2D eigenvalue weighted by atomic mass is 16.2. The highest BCUT2D eigenvalue weighted by molar-refractivity contribution is 5.85. The molecule has 0 aromatic heterocycles. The third-order valence-electron chi connectivity index (χ3n) is 4.45. The fourth-order valence-corrected chi connectivity index (χ4v) is 3.00. The number of carbonyl (C=O) groups excluding carboxylic acids is 1. The molecule has 17 heavy (non-hydrogen) atoms. The molecule has 2 aliphatic rings. The Labute approximate surface area is 104 Å². The van der Waals surface area contributed by atoms with Crippen LogP contribution in [0.15, 0.2) is 0 Å². The Hall–Kier alpha value is -1.04. The van der Waals surface area contributed by atoms with Crippen LogP contribution in [0.3, 0.4) is 0 Å². The first-order valence-electron chi connectivity index (χ1n) is 6.92. The van der Waals surface area contributed by atoms with Crippen molar-refractivity contribution < 1.29 is 4.79 Å². The first kappa shape index (κ1) is 12.4. The van der Waals surface area contributed by atoms with E-state index in [9.17, 15) is 10.1 Å². The fraction of sp³-hybridized carbons (Fsp3) is 0.857. The Morgan fingerprint density at radius 3 is 2.41 bits per heavy atom. The van der Waals surface area contributed by atoms with Gasteiger partial charge in [-0.2, -0.15) is 5.26 Å². The van der Waals surface area contributed by atoms with Crippen molar-refractivity contribution in [2.24, 2.45) is 11.3 Å². The van der Waals surface area contributed by atoms with Crippen molar-refractivity contribution in [2.75, 3.05) is 13.1 Å². The molecule has 0 aliphatic heterocycles. The van der Waals surface area contributed by atoms with E-state index in [1.807, 2.05) is 11.8 Å². The van der Waals surface area contributed by atoms with Crippen LogP contribution in [-0.4, -0.2) is 23.9 Å². The summed E-state index contributed by atoms with van der Waals surface area (Å²) in [6.07, 6.45) is 7.40. The van der Waals surface area contributed by atoms with Gasteiger partial charge in [-0.15, -0.1) is 0 Å². The summed E-state index contributed by atoms with van der Waals surface area (Å²) in [5.74, 6) is 0.794. The maximum Gasteiger partial charge on any atom is 0.243 e. The molecule has 0 heterocycles. The van der Waals surface area contributed by atoms with Gasteiger partial charge in [0.15, 0.2) is 0 Å². The number of carbonyl (C=O) groups is 1. The number of amides is 1. The van der Waals surface area contributed by atoms with Gasteiger partial charge in [-0.1, -0.05) is 19.3 Å². The van der Waals surface area contributed by atoms with E-state index in [1.165, 1.54) is 19.3 Å². The van der Waals surface area contributed by atoms with Crippen molar-refractivity contribution >= 4 is 5.91 Å². The molecule has 0 N–H and O–H groups in total. The third kappa shape index (κ3) is 2.31. The fourth-order valence-electron chi connectivity index (χ4n) is 3.00. The van der Waals surface area contributed by atoms with Crippen molar-refractivity contribution in [3.8, 4) is 6.07 Å². The molecule has 3 nitrogen and oxygen atoms in total. The molecule has 0 bridgehead atoms. The van der Waals surface area contributed by atoms with Crippen LogP contribution in [-0.2, 0) is 4.79 Å². The van der Waals surface area contributed by atoms with Crippen LogP contribution in [0, 0.1) is 22.7 Å². The molecule has 0 spiro atoms. The molecular weight excluding hydrogens is 212 g/mol. The van der Waals surface area contributed by atoms with Crippen LogP contribution in [0.25, 0.3) is 0 Å². The second kappa shape index (κ2) is 5.08. The summed E-state index contributed by atoms with van der Waals surface area (Å²) in [4.78, 5) is 14.4. The molecule has 0 aromatic carbocycles. The maximum absolute atomic E-state index is 12.5. The van der Waals surface area contributed by atoms with Gasteiger partial charge in [0.05, 0.1) is 6.07 Å². The van der Waals surface area contributed by atoms with E-state index in [0.29, 0.717) is 5.92 Å². The Balaban J connectivity index is 2.02. The Kier molecular flexibility index (Phi) is 3.71. The maximum atomic E-state index is 12.5. The molecule has 2 aliphatic carbocycles. The Bertz CT molecular complexity index is 322. The average Bonchev–Trinajstić information content (AvgIpc) is 2.77. The number of nitrogens with zero attached hydrogens (tertiary/aromatic N) is 2. The van der Waals surface area contributed by atoms with E-state index in [1.54, 1.807) is 0 Å². The number of hydrogen-bond acceptors (Lipinski definition) is 2. The minimum absolute atomic E-state index is 0.104. The molecular formula is C14H22N2O. The second-order valence-electron chi connectivity index (χ2n) is 5.54. The van der Waals surface area contributed by atoms with Gasteiger partial charge in [0.25, 0.3) is 0 Å². The summed E-state index contributed by atoms with van der Waals surface area (Å²) in [6, 6.07) is 2.31. The predicted octanol–water partition coefficient (Wildman–Crippen LogP) is 2.72. The van der Waals surface area contributed by atoms with E-state index >= 15 is 0 Å². The molecule has 0 aromatic rings. The summed E-state index contributed by atoms with van der Waals surface area (Å²) >= 11 is 0. The van der Waals surface area contributed by atoms with Crippen molar-refractivity contribution in [2.45, 2.75) is 51.9 Å². The smallest absolute Gasteiger partial charge is 0.243 e. The minimum atomic E-state index is -0.681. The molecule has 3 heteroatoms. The highest BCUT2D eigenvalue weighted by Crippen LogP contribution is 2.39. The lowest BCUT2D eigenvalue weighted by atomic mass is 9.83. The highest BCUT2D eigenvalue weighted by Gasteiger charge is 2.44. The Morgan fingerprint density at radius 2 is 2.00 bits per heavy atom. The lowest BCUT2D eigenvalue weighted by molar-refractivity contribution is -0.139. The topological polar surface area (TPSA) is 44.1 Å². The molecule has 0 atom stereocenters. The van der Waals surface area contributed by atoms with Crippen molar-refractivity contribution in [3.05, 3.63) is 0 Å². The molecule has 2 saturated carbocycles. The number of nitriles is 1. The zero-order valence-corrected chi connectivity index (χ0v) is 10.7. The quantitative estimate of drug-likeness (QED) is 0.750. The monoisotopic (exact) mass is 234 g/mol. The lowest BCUT2D eigenvalue weighted by Gasteiger charge is -2.35. The van der Waals surface area contributed by atoms with Gasteiger partial charge in [0.2, 0.25) is 5.91 Å². The van der Waals surface area contributed by atoms with Gasteiger partial charge in [0, 0.05) is 13.1 Å². The van der Waals surface area contributed by atoms with E-state index in [4.69, 9.17) is 0 Å². The lowest BCUT2D eigenvalue weighted by Crippen LogP contribution is -2.45. The van der Waals surface area contributed by atoms with E-state index in [0.717, 1.165) is 38.8 Å². The number of rotatable bonds is 4. The SMILES string of the molecule is CCN(CC1CCC1)C(=O)C1(C#N)CCCC1. The predicted molar refractivity (Wildman–Crippen MR) is 66.1 cm³/mol. The minimum Gasteiger partial charge on any atom is -0.341 e. The third-order valence-corrected chi connectivity index (χ3v) is 4.45. The van der Waals surface area contributed by atoms with Gasteiger partial charge >= 0.3 is 0 Å². The number of hydrogen-bond donors (Lipinski definition) is 0. The summed E-state index contributed by atoms with van der Waals surface area (Å²) in [6.45, 7) is 3.65. The molecule has 0 radical (unpaired) electrons. The van der Waals surface area contributed by atoms with Crippen LogP contribution in [0.1, 0.15) is 51.9 Å². The van der Waals surface area contributed by atoms with Crippen LogP contribution < -0.4 is 0 Å². The van der Waals surface area contributed by atoms with E-state index in [-0.39, 0.29) is 5.91 Å². The van der Waals surface area contributed by atoms with Gasteiger partial charge < -0.3 is 4.90 Å². The van der Waals surface area contributed by atoms with Crippen LogP contribution >= 0.6 is 0 Å². The van der Waals surface area contributed by atoms with Gasteiger partial charge in [-0.05, 0) is 38.5 Å².